The Morgan fingerprint density at radius 1 is 1.13 bits per heavy atom. The van der Waals surface area contributed by atoms with Crippen LogP contribution in [0.4, 0.5) is 4.39 Å². The van der Waals surface area contributed by atoms with Crippen molar-refractivity contribution in [3.8, 4) is 5.75 Å². The molecule has 0 saturated heterocycles. The maximum absolute atomic E-state index is 13.5. The number of rotatable bonds is 6. The monoisotopic (exact) mass is 313 g/mol. The summed E-state index contributed by atoms with van der Waals surface area (Å²) in [6.45, 7) is 0.704. The van der Waals surface area contributed by atoms with E-state index in [0.717, 1.165) is 18.4 Å². The molecule has 1 aliphatic carbocycles. The Hall–Kier alpha value is -2.36. The fraction of sp³-hybridized carbons (Fsp3) is 0.316. The van der Waals surface area contributed by atoms with Crippen LogP contribution in [-0.2, 0) is 10.2 Å². The van der Waals surface area contributed by atoms with E-state index in [9.17, 15) is 9.18 Å². The first-order chi connectivity index (χ1) is 11.1. The van der Waals surface area contributed by atoms with Gasteiger partial charge in [0, 0.05) is 7.05 Å². The molecular weight excluding hydrogens is 293 g/mol. The van der Waals surface area contributed by atoms with Gasteiger partial charge in [0.1, 0.15) is 6.61 Å². The van der Waals surface area contributed by atoms with Gasteiger partial charge in [0.05, 0.1) is 12.0 Å². The highest BCUT2D eigenvalue weighted by Crippen LogP contribution is 2.49. The average molecular weight is 313 g/mol. The highest BCUT2D eigenvalue weighted by Gasteiger charge is 2.52. The molecule has 120 valence electrons. The minimum atomic E-state index is -0.385. The Kier molecular flexibility index (Phi) is 4.33. The molecule has 2 aromatic rings. The number of benzene rings is 2. The fourth-order valence-corrected chi connectivity index (χ4v) is 2.83. The Morgan fingerprint density at radius 3 is 2.43 bits per heavy atom. The van der Waals surface area contributed by atoms with Crippen LogP contribution in [0.5, 0.6) is 5.75 Å². The van der Waals surface area contributed by atoms with E-state index in [-0.39, 0.29) is 29.5 Å². The first kappa shape index (κ1) is 15.5. The van der Waals surface area contributed by atoms with Gasteiger partial charge in [0.25, 0.3) is 0 Å². The summed E-state index contributed by atoms with van der Waals surface area (Å²) in [6, 6.07) is 16.2. The molecule has 0 aromatic heterocycles. The summed E-state index contributed by atoms with van der Waals surface area (Å²) in [7, 11) is 1.77. The van der Waals surface area contributed by atoms with E-state index in [1.165, 1.54) is 6.07 Å². The lowest BCUT2D eigenvalue weighted by Gasteiger charge is -2.24. The van der Waals surface area contributed by atoms with E-state index in [4.69, 9.17) is 4.74 Å². The number of likely N-dealkylation sites (N-methyl/N-ethyl adjacent to an activating group) is 1. The largest absolute Gasteiger partial charge is 0.489 e. The van der Waals surface area contributed by atoms with E-state index in [1.807, 2.05) is 30.3 Å². The molecule has 0 unspecified atom stereocenters. The summed E-state index contributed by atoms with van der Waals surface area (Å²) < 4.78 is 18.9. The fourth-order valence-electron chi connectivity index (χ4n) is 2.83. The highest BCUT2D eigenvalue weighted by atomic mass is 19.1. The molecule has 0 atom stereocenters. The SMILES string of the molecule is CN(CCOc1ccccc1F)C(=O)C1(c2ccccc2)CC1. The molecule has 1 amide bonds. The predicted molar refractivity (Wildman–Crippen MR) is 86.9 cm³/mol. The van der Waals surface area contributed by atoms with E-state index in [2.05, 4.69) is 0 Å². The molecule has 1 aliphatic rings. The van der Waals surface area contributed by atoms with Gasteiger partial charge in [-0.1, -0.05) is 42.5 Å². The van der Waals surface area contributed by atoms with Gasteiger partial charge < -0.3 is 9.64 Å². The van der Waals surface area contributed by atoms with Crippen molar-refractivity contribution in [1.29, 1.82) is 0 Å². The summed E-state index contributed by atoms with van der Waals surface area (Å²) in [4.78, 5) is 14.4. The molecule has 0 bridgehead atoms. The second-order valence-electron chi connectivity index (χ2n) is 5.95. The first-order valence-corrected chi connectivity index (χ1v) is 7.82. The van der Waals surface area contributed by atoms with Crippen LogP contribution >= 0.6 is 0 Å². The molecule has 0 spiro atoms. The molecule has 3 rings (SSSR count). The minimum Gasteiger partial charge on any atom is -0.489 e. The third kappa shape index (κ3) is 3.21. The van der Waals surface area contributed by atoms with Crippen LogP contribution < -0.4 is 4.74 Å². The summed E-state index contributed by atoms with van der Waals surface area (Å²) in [5.41, 5.74) is 0.709. The Bertz CT molecular complexity index is 683. The second-order valence-corrected chi connectivity index (χ2v) is 5.95. The van der Waals surface area contributed by atoms with Crippen molar-refractivity contribution in [2.45, 2.75) is 18.3 Å². The lowest BCUT2D eigenvalue weighted by Crippen LogP contribution is -2.38. The standard InChI is InChI=1S/C19H20FNO2/c1-21(13-14-23-17-10-6-5-9-16(17)20)18(22)19(11-12-19)15-7-3-2-4-8-15/h2-10H,11-14H2,1H3. The van der Waals surface area contributed by atoms with Crippen LogP contribution in [0.1, 0.15) is 18.4 Å². The van der Waals surface area contributed by atoms with Gasteiger partial charge in [0.15, 0.2) is 11.6 Å². The Balaban J connectivity index is 1.57. The Labute approximate surface area is 135 Å². The van der Waals surface area contributed by atoms with Gasteiger partial charge in [-0.3, -0.25) is 4.79 Å². The highest BCUT2D eigenvalue weighted by molar-refractivity contribution is 5.91. The lowest BCUT2D eigenvalue weighted by molar-refractivity contribution is -0.133. The lowest BCUT2D eigenvalue weighted by atomic mass is 9.94. The molecule has 1 fully saturated rings. The molecular formula is C19H20FNO2. The van der Waals surface area contributed by atoms with Gasteiger partial charge in [-0.15, -0.1) is 0 Å². The van der Waals surface area contributed by atoms with E-state index in [1.54, 1.807) is 30.1 Å². The van der Waals surface area contributed by atoms with Gasteiger partial charge in [-0.25, -0.2) is 4.39 Å². The van der Waals surface area contributed by atoms with Crippen LogP contribution in [-0.4, -0.2) is 31.0 Å². The number of ether oxygens (including phenoxy) is 1. The number of carbonyl (C=O) groups is 1. The van der Waals surface area contributed by atoms with E-state index in [0.29, 0.717) is 6.54 Å². The zero-order chi connectivity index (χ0) is 16.3. The van der Waals surface area contributed by atoms with Crippen molar-refractivity contribution in [3.05, 3.63) is 66.0 Å². The molecule has 3 nitrogen and oxygen atoms in total. The molecule has 4 heteroatoms. The number of halogens is 1. The Morgan fingerprint density at radius 2 is 1.78 bits per heavy atom. The third-order valence-electron chi connectivity index (χ3n) is 4.35. The number of carbonyl (C=O) groups excluding carboxylic acids is 1. The molecule has 0 heterocycles. The maximum atomic E-state index is 13.5. The van der Waals surface area contributed by atoms with Crippen molar-refractivity contribution in [3.63, 3.8) is 0 Å². The van der Waals surface area contributed by atoms with Gasteiger partial charge in [0.2, 0.25) is 5.91 Å². The van der Waals surface area contributed by atoms with Crippen molar-refractivity contribution < 1.29 is 13.9 Å². The first-order valence-electron chi connectivity index (χ1n) is 7.82. The van der Waals surface area contributed by atoms with Crippen LogP contribution in [0.15, 0.2) is 54.6 Å². The quantitative estimate of drug-likeness (QED) is 0.818. The molecule has 0 aliphatic heterocycles. The number of para-hydroxylation sites is 1. The zero-order valence-corrected chi connectivity index (χ0v) is 13.2. The topological polar surface area (TPSA) is 29.5 Å². The molecule has 0 N–H and O–H groups in total. The summed E-state index contributed by atoms with van der Waals surface area (Å²) in [6.07, 6.45) is 1.77. The van der Waals surface area contributed by atoms with Crippen molar-refractivity contribution >= 4 is 5.91 Å². The molecule has 2 aromatic carbocycles. The zero-order valence-electron chi connectivity index (χ0n) is 13.2. The molecule has 1 saturated carbocycles. The molecule has 0 radical (unpaired) electrons. The number of hydrogen-bond donors (Lipinski definition) is 0. The number of hydrogen-bond acceptors (Lipinski definition) is 2. The molecule has 23 heavy (non-hydrogen) atoms. The summed E-state index contributed by atoms with van der Waals surface area (Å²) >= 11 is 0. The normalized spacial score (nSPS) is 15.0. The van der Waals surface area contributed by atoms with Crippen molar-refractivity contribution in [1.82, 2.24) is 4.90 Å². The van der Waals surface area contributed by atoms with Gasteiger partial charge in [-0.2, -0.15) is 0 Å². The number of amides is 1. The van der Waals surface area contributed by atoms with Crippen LogP contribution in [0.25, 0.3) is 0 Å². The summed E-state index contributed by atoms with van der Waals surface area (Å²) in [5, 5.41) is 0. The summed E-state index contributed by atoms with van der Waals surface area (Å²) in [5.74, 6) is -0.0530. The van der Waals surface area contributed by atoms with Crippen LogP contribution in [0.2, 0.25) is 0 Å². The van der Waals surface area contributed by atoms with Crippen molar-refractivity contribution in [2.75, 3.05) is 20.2 Å². The second kappa shape index (κ2) is 6.41. The number of nitrogens with zero attached hydrogens (tertiary/aromatic N) is 1. The van der Waals surface area contributed by atoms with Gasteiger partial charge >= 0.3 is 0 Å². The minimum absolute atomic E-state index is 0.112. The van der Waals surface area contributed by atoms with Crippen LogP contribution in [0, 0.1) is 5.82 Å². The smallest absolute Gasteiger partial charge is 0.233 e. The predicted octanol–water partition coefficient (Wildman–Crippen LogP) is 3.39. The van der Waals surface area contributed by atoms with Crippen LogP contribution in [0.3, 0.4) is 0 Å². The van der Waals surface area contributed by atoms with E-state index >= 15 is 0 Å². The van der Waals surface area contributed by atoms with E-state index < -0.39 is 0 Å². The third-order valence-corrected chi connectivity index (χ3v) is 4.35. The van der Waals surface area contributed by atoms with Gasteiger partial charge in [-0.05, 0) is 30.5 Å². The average Bonchev–Trinajstić information content (AvgIpc) is 3.38. The maximum Gasteiger partial charge on any atom is 0.233 e. The van der Waals surface area contributed by atoms with Crippen molar-refractivity contribution in [2.24, 2.45) is 0 Å².